The molecule has 0 saturated carbocycles. The van der Waals surface area contributed by atoms with Crippen molar-refractivity contribution in [3.63, 3.8) is 0 Å². The number of primary amides is 1. The summed E-state index contributed by atoms with van der Waals surface area (Å²) in [5, 5.41) is 19.5. The van der Waals surface area contributed by atoms with Crippen LogP contribution in [0.2, 0.25) is 0 Å². The molecule has 1 fully saturated rings. The molecule has 1 amide bonds. The van der Waals surface area contributed by atoms with E-state index in [9.17, 15) is 15.0 Å². The summed E-state index contributed by atoms with van der Waals surface area (Å²) in [4.78, 5) is 12.8. The van der Waals surface area contributed by atoms with Crippen LogP contribution in [-0.4, -0.2) is 45.9 Å². The fourth-order valence-corrected chi connectivity index (χ4v) is 2.11. The third-order valence-electron chi connectivity index (χ3n) is 2.82. The number of aliphatic hydroxyl groups is 2. The molecule has 0 bridgehead atoms. The van der Waals surface area contributed by atoms with Crippen molar-refractivity contribution in [2.75, 3.05) is 6.54 Å². The van der Waals surface area contributed by atoms with Gasteiger partial charge in [-0.15, -0.1) is 0 Å². The molecule has 4 N–H and O–H groups in total. The molecule has 0 radical (unpaired) electrons. The summed E-state index contributed by atoms with van der Waals surface area (Å²) >= 11 is 0. The smallest absolute Gasteiger partial charge is 0.234 e. The number of likely N-dealkylation sites (tertiary alicyclic amines) is 1. The maximum absolute atomic E-state index is 11.2. The van der Waals surface area contributed by atoms with E-state index in [0.29, 0.717) is 19.4 Å². The van der Waals surface area contributed by atoms with Crippen molar-refractivity contribution >= 4 is 5.91 Å². The predicted molar refractivity (Wildman–Crippen MR) is 60.4 cm³/mol. The first kappa shape index (κ1) is 13.4. The first-order chi connectivity index (χ1) is 7.20. The number of aliphatic hydroxyl groups excluding tert-OH is 2. The van der Waals surface area contributed by atoms with Crippen molar-refractivity contribution in [1.29, 1.82) is 0 Å². The number of hydrogen-bond donors (Lipinski definition) is 3. The van der Waals surface area contributed by atoms with Crippen LogP contribution in [0.4, 0.5) is 0 Å². The first-order valence-corrected chi connectivity index (χ1v) is 5.62. The van der Waals surface area contributed by atoms with Crippen LogP contribution >= 0.6 is 0 Å². The van der Waals surface area contributed by atoms with Gasteiger partial charge in [0.1, 0.15) is 6.23 Å². The van der Waals surface area contributed by atoms with E-state index in [4.69, 9.17) is 5.73 Å². The highest BCUT2D eigenvalue weighted by Crippen LogP contribution is 2.27. The molecular weight excluding hydrogens is 208 g/mol. The zero-order valence-electron chi connectivity index (χ0n) is 10.2. The average Bonchev–Trinajstić information content (AvgIpc) is 2.44. The summed E-state index contributed by atoms with van der Waals surface area (Å²) in [6.45, 7) is 6.36. The van der Waals surface area contributed by atoms with Gasteiger partial charge in [0.25, 0.3) is 0 Å². The first-order valence-electron chi connectivity index (χ1n) is 5.62. The lowest BCUT2D eigenvalue weighted by Crippen LogP contribution is -2.47. The monoisotopic (exact) mass is 230 g/mol. The summed E-state index contributed by atoms with van der Waals surface area (Å²) in [6, 6.07) is -0.549. The second-order valence-electron chi connectivity index (χ2n) is 5.75. The third kappa shape index (κ3) is 3.43. The van der Waals surface area contributed by atoms with Crippen LogP contribution in [-0.2, 0) is 4.79 Å². The molecule has 0 aliphatic carbocycles. The Morgan fingerprint density at radius 1 is 1.56 bits per heavy atom. The minimum atomic E-state index is -0.727. The summed E-state index contributed by atoms with van der Waals surface area (Å²) in [5.41, 5.74) is 5.22. The summed E-state index contributed by atoms with van der Waals surface area (Å²) in [6.07, 6.45) is -0.443. The van der Waals surface area contributed by atoms with E-state index in [1.807, 2.05) is 20.8 Å². The Bertz CT molecular complexity index is 262. The Morgan fingerprint density at radius 3 is 2.56 bits per heavy atom. The van der Waals surface area contributed by atoms with Gasteiger partial charge >= 0.3 is 0 Å². The predicted octanol–water partition coefficient (Wildman–Crippen LogP) is -0.338. The molecular formula is C11H22N2O3. The topological polar surface area (TPSA) is 86.8 Å². The lowest BCUT2D eigenvalue weighted by molar-refractivity contribution is -0.127. The second kappa shape index (κ2) is 4.69. The molecule has 94 valence electrons. The van der Waals surface area contributed by atoms with Gasteiger partial charge in [0.2, 0.25) is 5.91 Å². The number of β-amino-alcohol motifs (C(OH)–C–C–N with tert-alkyl or cyclic N) is 1. The van der Waals surface area contributed by atoms with E-state index >= 15 is 0 Å². The van der Waals surface area contributed by atoms with Gasteiger partial charge in [0.15, 0.2) is 0 Å². The molecule has 1 aliphatic rings. The molecule has 1 rings (SSSR count). The molecule has 0 aromatic carbocycles. The van der Waals surface area contributed by atoms with Crippen LogP contribution in [0.15, 0.2) is 0 Å². The summed E-state index contributed by atoms with van der Waals surface area (Å²) < 4.78 is 0. The van der Waals surface area contributed by atoms with Crippen molar-refractivity contribution in [3.05, 3.63) is 0 Å². The van der Waals surface area contributed by atoms with Crippen molar-refractivity contribution in [2.45, 2.75) is 52.0 Å². The lowest BCUT2D eigenvalue weighted by Gasteiger charge is -2.31. The van der Waals surface area contributed by atoms with E-state index in [-0.39, 0.29) is 5.41 Å². The van der Waals surface area contributed by atoms with Crippen molar-refractivity contribution in [1.82, 2.24) is 4.90 Å². The maximum Gasteiger partial charge on any atom is 0.234 e. The van der Waals surface area contributed by atoms with E-state index in [1.54, 1.807) is 4.90 Å². The molecule has 1 heterocycles. The number of carbonyl (C=O) groups is 1. The van der Waals surface area contributed by atoms with Crippen LogP contribution in [0.1, 0.15) is 33.6 Å². The van der Waals surface area contributed by atoms with Crippen LogP contribution in [0.25, 0.3) is 0 Å². The highest BCUT2D eigenvalue weighted by molar-refractivity contribution is 5.80. The Hall–Kier alpha value is -0.650. The normalized spacial score (nSPS) is 29.3. The number of hydrogen-bond acceptors (Lipinski definition) is 4. The lowest BCUT2D eigenvalue weighted by atomic mass is 9.91. The molecule has 0 aromatic heterocycles. The standard InChI is InChI=1S/C11H22N2O3/c1-11(2,3)5-9(15)13-6-7(14)4-8(13)10(12)16/h7-9,14-15H,4-6H2,1-3H3,(H2,12,16)/t7-,8+,9?/m1/s1. The van der Waals surface area contributed by atoms with Crippen molar-refractivity contribution in [3.8, 4) is 0 Å². The average molecular weight is 230 g/mol. The molecule has 3 atom stereocenters. The number of amides is 1. The quantitative estimate of drug-likeness (QED) is 0.619. The van der Waals surface area contributed by atoms with Crippen LogP contribution in [0.5, 0.6) is 0 Å². The molecule has 0 aromatic rings. The minimum Gasteiger partial charge on any atom is -0.392 e. The molecule has 1 saturated heterocycles. The second-order valence-corrected chi connectivity index (χ2v) is 5.75. The van der Waals surface area contributed by atoms with Gasteiger partial charge in [0, 0.05) is 6.54 Å². The Kier molecular flexibility index (Phi) is 3.93. The third-order valence-corrected chi connectivity index (χ3v) is 2.82. The summed E-state index contributed by atoms with van der Waals surface area (Å²) in [7, 11) is 0. The molecule has 16 heavy (non-hydrogen) atoms. The van der Waals surface area contributed by atoms with Crippen LogP contribution in [0.3, 0.4) is 0 Å². The number of nitrogens with zero attached hydrogens (tertiary/aromatic N) is 1. The van der Waals surface area contributed by atoms with Crippen LogP contribution < -0.4 is 5.73 Å². The van der Waals surface area contributed by atoms with Crippen molar-refractivity contribution < 1.29 is 15.0 Å². The van der Waals surface area contributed by atoms with E-state index in [0.717, 1.165) is 0 Å². The van der Waals surface area contributed by atoms with E-state index in [1.165, 1.54) is 0 Å². The zero-order chi connectivity index (χ0) is 12.5. The maximum atomic E-state index is 11.2. The van der Waals surface area contributed by atoms with Gasteiger partial charge in [-0.2, -0.15) is 0 Å². The van der Waals surface area contributed by atoms with Gasteiger partial charge in [-0.3, -0.25) is 9.69 Å². The van der Waals surface area contributed by atoms with Gasteiger partial charge in [0.05, 0.1) is 12.1 Å². The summed E-state index contributed by atoms with van der Waals surface area (Å²) in [5.74, 6) is -0.482. The van der Waals surface area contributed by atoms with Crippen molar-refractivity contribution in [2.24, 2.45) is 11.1 Å². The molecule has 0 spiro atoms. The molecule has 1 aliphatic heterocycles. The highest BCUT2D eigenvalue weighted by atomic mass is 16.3. The largest absolute Gasteiger partial charge is 0.392 e. The number of rotatable bonds is 3. The van der Waals surface area contributed by atoms with Gasteiger partial charge in [-0.05, 0) is 18.3 Å². The van der Waals surface area contributed by atoms with E-state index < -0.39 is 24.3 Å². The number of nitrogens with two attached hydrogens (primary N) is 1. The Morgan fingerprint density at radius 2 is 2.12 bits per heavy atom. The fraction of sp³-hybridized carbons (Fsp3) is 0.909. The van der Waals surface area contributed by atoms with Gasteiger partial charge in [-0.1, -0.05) is 20.8 Å². The highest BCUT2D eigenvalue weighted by Gasteiger charge is 2.39. The number of carbonyl (C=O) groups excluding carboxylic acids is 1. The van der Waals surface area contributed by atoms with Crippen LogP contribution in [0, 0.1) is 5.41 Å². The molecule has 5 heteroatoms. The Labute approximate surface area is 96.2 Å². The molecule has 5 nitrogen and oxygen atoms in total. The van der Waals surface area contributed by atoms with E-state index in [2.05, 4.69) is 0 Å². The van der Waals surface area contributed by atoms with Gasteiger partial charge in [-0.25, -0.2) is 0 Å². The zero-order valence-corrected chi connectivity index (χ0v) is 10.2. The molecule has 1 unspecified atom stereocenters. The van der Waals surface area contributed by atoms with Gasteiger partial charge < -0.3 is 15.9 Å². The Balaban J connectivity index is 2.67. The SMILES string of the molecule is CC(C)(C)CC(O)N1C[C@H](O)C[C@H]1C(N)=O. The fourth-order valence-electron chi connectivity index (χ4n) is 2.11. The minimum absolute atomic E-state index is 0.0326.